The van der Waals surface area contributed by atoms with Gasteiger partial charge < -0.3 is 8.98 Å². The lowest BCUT2D eigenvalue weighted by molar-refractivity contribution is 0.104. The topological polar surface area (TPSA) is 55.5 Å². The van der Waals surface area contributed by atoms with Crippen LogP contribution in [0.1, 0.15) is 27.7 Å². The molecule has 5 nitrogen and oxygen atoms in total. The van der Waals surface area contributed by atoms with Gasteiger partial charge in [0, 0.05) is 28.4 Å². The normalized spacial score (nSPS) is 13.7. The van der Waals surface area contributed by atoms with Crippen molar-refractivity contribution in [1.82, 2.24) is 9.47 Å². The number of carbonyl (C=O) groups excluding carboxylic acids is 1. The number of nitrogens with zero attached hydrogens (tertiary/aromatic N) is 2. The van der Waals surface area contributed by atoms with Crippen molar-refractivity contribution < 1.29 is 9.21 Å². The Morgan fingerprint density at radius 2 is 1.59 bits per heavy atom. The summed E-state index contributed by atoms with van der Waals surface area (Å²) in [5, 5.41) is 1.27. The highest BCUT2D eigenvalue weighted by atomic mass is 16.3. The molecule has 2 aromatic carbocycles. The van der Waals surface area contributed by atoms with Crippen LogP contribution in [0.15, 0.2) is 76.1 Å². The molecule has 1 unspecified atom stereocenters. The van der Waals surface area contributed by atoms with E-state index in [1.54, 1.807) is 16.9 Å². The van der Waals surface area contributed by atoms with Crippen LogP contribution in [-0.4, -0.2) is 29.3 Å². The van der Waals surface area contributed by atoms with Crippen molar-refractivity contribution in [3.8, 4) is 11.3 Å². The van der Waals surface area contributed by atoms with Gasteiger partial charge in [0.05, 0.1) is 23.6 Å². The first-order valence-corrected chi connectivity index (χ1v) is 9.57. The Hall–Kier alpha value is -3.44. The first kappa shape index (κ1) is 17.6. The fraction of sp³-hybridized carbons (Fsp3) is 0.167. The van der Waals surface area contributed by atoms with E-state index in [2.05, 4.69) is 0 Å². The van der Waals surface area contributed by atoms with Crippen molar-refractivity contribution in [3.05, 3.63) is 94.2 Å². The second-order valence-corrected chi connectivity index (χ2v) is 7.55. The number of aromatic nitrogens is 1. The van der Waals surface area contributed by atoms with Crippen molar-refractivity contribution in [1.29, 1.82) is 0 Å². The quantitative estimate of drug-likeness (QED) is 0.468. The van der Waals surface area contributed by atoms with Gasteiger partial charge in [-0.3, -0.25) is 14.5 Å². The fourth-order valence-electron chi connectivity index (χ4n) is 4.27. The molecule has 0 saturated heterocycles. The first-order chi connectivity index (χ1) is 14.1. The van der Waals surface area contributed by atoms with Crippen LogP contribution < -0.4 is 5.56 Å². The average Bonchev–Trinajstić information content (AvgIpc) is 3.35. The first-order valence-electron chi connectivity index (χ1n) is 9.57. The third-order valence-corrected chi connectivity index (χ3v) is 5.68. The molecule has 5 rings (SSSR count). The van der Waals surface area contributed by atoms with Gasteiger partial charge in [-0.2, -0.15) is 0 Å². The summed E-state index contributed by atoms with van der Waals surface area (Å²) in [7, 11) is 3.91. The highest BCUT2D eigenvalue weighted by Gasteiger charge is 2.33. The van der Waals surface area contributed by atoms with E-state index in [0.29, 0.717) is 34.1 Å². The molecule has 5 heteroatoms. The maximum absolute atomic E-state index is 13.5. The largest absolute Gasteiger partial charge is 0.468 e. The van der Waals surface area contributed by atoms with E-state index in [-0.39, 0.29) is 17.4 Å². The number of carbonyl (C=O) groups is 1. The van der Waals surface area contributed by atoms with Crippen LogP contribution in [0.5, 0.6) is 0 Å². The number of ketones is 1. The van der Waals surface area contributed by atoms with Gasteiger partial charge in [-0.15, -0.1) is 0 Å². The molecule has 0 bridgehead atoms. The molecule has 0 radical (unpaired) electrons. The third kappa shape index (κ3) is 2.58. The molecule has 144 valence electrons. The smallest absolute Gasteiger partial charge is 0.259 e. The van der Waals surface area contributed by atoms with Gasteiger partial charge in [-0.05, 0) is 32.3 Å². The van der Waals surface area contributed by atoms with Gasteiger partial charge in [0.2, 0.25) is 0 Å². The Kier molecular flexibility index (Phi) is 4.00. The summed E-state index contributed by atoms with van der Waals surface area (Å²) in [4.78, 5) is 28.8. The highest BCUT2D eigenvalue weighted by Crippen LogP contribution is 2.39. The molecule has 0 amide bonds. The summed E-state index contributed by atoms with van der Waals surface area (Å²) < 4.78 is 7.39. The summed E-state index contributed by atoms with van der Waals surface area (Å²) in [5.74, 6) is 0.751. The highest BCUT2D eigenvalue weighted by molar-refractivity contribution is 6.26. The van der Waals surface area contributed by atoms with Crippen LogP contribution in [0, 0.1) is 0 Å². The average molecular weight is 384 g/mol. The van der Waals surface area contributed by atoms with E-state index in [1.165, 1.54) is 0 Å². The second kappa shape index (κ2) is 6.57. The minimum absolute atomic E-state index is 0.0278. The SMILES string of the molecule is CN(C)C(Cn1c2c(c3ccccc3c1=O)C(=O)c1ccccc1-2)c1ccco1. The van der Waals surface area contributed by atoms with Crippen molar-refractivity contribution in [3.63, 3.8) is 0 Å². The van der Waals surface area contributed by atoms with Gasteiger partial charge in [0.15, 0.2) is 5.78 Å². The minimum atomic E-state index is -0.143. The Labute approximate surface area is 167 Å². The molecule has 0 aliphatic heterocycles. The molecule has 0 N–H and O–H groups in total. The number of fused-ring (bicyclic) bond motifs is 5. The van der Waals surface area contributed by atoms with Gasteiger partial charge in [-0.25, -0.2) is 0 Å². The van der Waals surface area contributed by atoms with Gasteiger partial charge in [0.25, 0.3) is 5.56 Å². The van der Waals surface area contributed by atoms with Crippen LogP contribution in [-0.2, 0) is 6.54 Å². The molecule has 0 fully saturated rings. The molecule has 0 saturated carbocycles. The molecule has 1 atom stereocenters. The molecular weight excluding hydrogens is 364 g/mol. The van der Waals surface area contributed by atoms with Crippen LogP contribution in [0.2, 0.25) is 0 Å². The van der Waals surface area contributed by atoms with Crippen LogP contribution >= 0.6 is 0 Å². The number of rotatable bonds is 4. The zero-order valence-electron chi connectivity index (χ0n) is 16.3. The number of benzene rings is 2. The van der Waals surface area contributed by atoms with Gasteiger partial charge >= 0.3 is 0 Å². The van der Waals surface area contributed by atoms with Crippen molar-refractivity contribution in [2.45, 2.75) is 12.6 Å². The van der Waals surface area contributed by atoms with Gasteiger partial charge in [0.1, 0.15) is 5.76 Å². The molecule has 29 heavy (non-hydrogen) atoms. The monoisotopic (exact) mass is 384 g/mol. The molecule has 2 aromatic heterocycles. The zero-order valence-corrected chi connectivity index (χ0v) is 16.3. The van der Waals surface area contributed by atoms with E-state index < -0.39 is 0 Å². The lowest BCUT2D eigenvalue weighted by Gasteiger charge is -2.25. The van der Waals surface area contributed by atoms with Crippen molar-refractivity contribution in [2.75, 3.05) is 14.1 Å². The van der Waals surface area contributed by atoms with E-state index in [1.807, 2.05) is 73.6 Å². The molecular formula is C24H20N2O3. The van der Waals surface area contributed by atoms with E-state index in [4.69, 9.17) is 4.42 Å². The van der Waals surface area contributed by atoms with E-state index in [0.717, 1.165) is 11.3 Å². The molecule has 2 heterocycles. The van der Waals surface area contributed by atoms with Crippen LogP contribution in [0.4, 0.5) is 0 Å². The Morgan fingerprint density at radius 1 is 0.897 bits per heavy atom. The van der Waals surface area contributed by atoms with E-state index in [9.17, 15) is 9.59 Å². The lowest BCUT2D eigenvalue weighted by Crippen LogP contribution is -2.31. The third-order valence-electron chi connectivity index (χ3n) is 5.68. The number of likely N-dealkylation sites (N-methyl/N-ethyl adjacent to an activating group) is 1. The molecule has 1 aliphatic rings. The summed E-state index contributed by atoms with van der Waals surface area (Å²) in [6.07, 6.45) is 1.64. The second-order valence-electron chi connectivity index (χ2n) is 7.55. The molecule has 1 aliphatic carbocycles. The summed E-state index contributed by atoms with van der Waals surface area (Å²) in [5.41, 5.74) is 2.67. The van der Waals surface area contributed by atoms with Crippen molar-refractivity contribution in [2.24, 2.45) is 0 Å². The van der Waals surface area contributed by atoms with Gasteiger partial charge in [-0.1, -0.05) is 42.5 Å². The Balaban J connectivity index is 1.82. The lowest BCUT2D eigenvalue weighted by atomic mass is 10.0. The predicted molar refractivity (Wildman–Crippen MR) is 112 cm³/mol. The summed E-state index contributed by atoms with van der Waals surface area (Å²) in [6.45, 7) is 0.383. The maximum Gasteiger partial charge on any atom is 0.259 e. The minimum Gasteiger partial charge on any atom is -0.468 e. The number of hydrogen-bond acceptors (Lipinski definition) is 4. The number of furan rings is 1. The predicted octanol–water partition coefficient (Wildman–Crippen LogP) is 4.11. The van der Waals surface area contributed by atoms with E-state index >= 15 is 0 Å². The van der Waals surface area contributed by atoms with Crippen LogP contribution in [0.25, 0.3) is 22.0 Å². The fourth-order valence-corrected chi connectivity index (χ4v) is 4.27. The van der Waals surface area contributed by atoms with Crippen molar-refractivity contribution >= 4 is 16.6 Å². The number of hydrogen-bond donors (Lipinski definition) is 0. The summed E-state index contributed by atoms with van der Waals surface area (Å²) >= 11 is 0. The number of pyridine rings is 1. The standard InChI is InChI=1S/C24H20N2O3/c1-25(2)19(20-12-7-13-29-20)14-26-22-16-9-4-5-10-17(16)23(27)21(22)15-8-3-6-11-18(15)24(26)28/h3-13,19H,14H2,1-2H3. The van der Waals surface area contributed by atoms with Crippen LogP contribution in [0.3, 0.4) is 0 Å². The maximum atomic E-state index is 13.5. The Bertz CT molecular complexity index is 1300. The molecule has 4 aromatic rings. The molecule has 0 spiro atoms. The Morgan fingerprint density at radius 3 is 2.28 bits per heavy atom. The summed E-state index contributed by atoms with van der Waals surface area (Å²) in [6, 6.07) is 18.5. The zero-order chi connectivity index (χ0) is 20.1.